The van der Waals surface area contributed by atoms with Crippen molar-refractivity contribution >= 4 is 16.9 Å². The summed E-state index contributed by atoms with van der Waals surface area (Å²) in [7, 11) is 0. The summed E-state index contributed by atoms with van der Waals surface area (Å²) in [6.07, 6.45) is 5.60. The lowest BCUT2D eigenvalue weighted by atomic mass is 10.2. The molecule has 0 saturated heterocycles. The van der Waals surface area contributed by atoms with Crippen molar-refractivity contribution in [1.29, 1.82) is 0 Å². The first-order valence-electron chi connectivity index (χ1n) is 6.65. The summed E-state index contributed by atoms with van der Waals surface area (Å²) in [5.74, 6) is -0.136. The maximum atomic E-state index is 10.6. The number of hydrogen-bond acceptors (Lipinski definition) is 3. The molecule has 0 aliphatic carbocycles. The molecule has 3 rings (SSSR count). The van der Waals surface area contributed by atoms with E-state index in [0.717, 1.165) is 16.5 Å². The number of nitrogens with zero attached hydrogens (tertiary/aromatic N) is 3. The first-order chi connectivity index (χ1) is 10.2. The summed E-state index contributed by atoms with van der Waals surface area (Å²) >= 11 is 0. The number of aliphatic carboxylic acids is 1. The van der Waals surface area contributed by atoms with Gasteiger partial charge < -0.3 is 22.1 Å². The molecule has 0 unspecified atom stereocenters. The molecule has 0 bridgehead atoms. The minimum absolute atomic E-state index is 0. The van der Waals surface area contributed by atoms with E-state index in [1.54, 1.807) is 0 Å². The number of carboxylic acid groups (broad SMARTS) is 1. The second kappa shape index (κ2) is 7.09. The Balaban J connectivity index is 0.00000176. The van der Waals surface area contributed by atoms with Crippen molar-refractivity contribution in [2.75, 3.05) is 0 Å². The predicted octanol–water partition coefficient (Wildman–Crippen LogP) is -0.937. The summed E-state index contributed by atoms with van der Waals surface area (Å²) in [6, 6.07) is 11.6. The average molecular weight is 360 g/mol. The Hall–Kier alpha value is -2.34. The first-order valence-corrected chi connectivity index (χ1v) is 6.65. The van der Waals surface area contributed by atoms with E-state index < -0.39 is 5.97 Å². The molecule has 1 aromatic carbocycles. The Kier molecular flexibility index (Phi) is 5.16. The molecular weight excluding hydrogens is 346 g/mol. The summed E-state index contributed by atoms with van der Waals surface area (Å²) in [4.78, 5) is 19.5. The molecule has 0 aliphatic rings. The second-order valence-electron chi connectivity index (χ2n) is 4.72. The standard InChI is InChI=1S/C16H13N3O2.BrH/c20-15(21)7-10-19-8-5-12(6-9-19)16-17-11-13-3-1-2-4-14(13)18-16;/h1-6,8-9,11H,7,10H2;1H. The number of pyridine rings is 1. The highest BCUT2D eigenvalue weighted by Crippen LogP contribution is 2.16. The largest absolute Gasteiger partial charge is 1.00 e. The summed E-state index contributed by atoms with van der Waals surface area (Å²) < 4.78 is 1.83. The molecule has 0 saturated carbocycles. The third kappa shape index (κ3) is 3.65. The number of hydrogen-bond donors (Lipinski definition) is 1. The lowest BCUT2D eigenvalue weighted by molar-refractivity contribution is -0.695. The van der Waals surface area contributed by atoms with Gasteiger partial charge in [0, 0.05) is 29.3 Å². The Labute approximate surface area is 138 Å². The number of benzene rings is 1. The van der Waals surface area contributed by atoms with Gasteiger partial charge in [-0.1, -0.05) is 18.2 Å². The number of para-hydroxylation sites is 1. The number of fused-ring (bicyclic) bond motifs is 1. The van der Waals surface area contributed by atoms with Crippen molar-refractivity contribution in [2.24, 2.45) is 0 Å². The highest BCUT2D eigenvalue weighted by Gasteiger charge is 2.07. The number of carbonyl (C=O) groups is 1. The van der Waals surface area contributed by atoms with Crippen LogP contribution < -0.4 is 21.5 Å². The van der Waals surface area contributed by atoms with Crippen LogP contribution >= 0.6 is 0 Å². The van der Waals surface area contributed by atoms with Gasteiger partial charge in [0.05, 0.1) is 5.52 Å². The van der Waals surface area contributed by atoms with E-state index >= 15 is 0 Å². The fourth-order valence-corrected chi connectivity index (χ4v) is 2.09. The number of rotatable bonds is 4. The number of aromatic nitrogens is 3. The highest BCUT2D eigenvalue weighted by molar-refractivity contribution is 5.79. The van der Waals surface area contributed by atoms with Gasteiger partial charge in [-0.3, -0.25) is 4.79 Å². The van der Waals surface area contributed by atoms with Gasteiger partial charge in [0.15, 0.2) is 24.8 Å². The number of carboxylic acids is 1. The van der Waals surface area contributed by atoms with E-state index in [4.69, 9.17) is 5.11 Å². The number of halogens is 1. The molecule has 1 N–H and O–H groups in total. The topological polar surface area (TPSA) is 67.0 Å². The van der Waals surface area contributed by atoms with Crippen LogP contribution in [0.1, 0.15) is 6.42 Å². The van der Waals surface area contributed by atoms with Crippen molar-refractivity contribution in [3.8, 4) is 11.4 Å². The lowest BCUT2D eigenvalue weighted by Gasteiger charge is -2.01. The Morgan fingerprint density at radius 3 is 2.59 bits per heavy atom. The summed E-state index contributed by atoms with van der Waals surface area (Å²) in [5, 5.41) is 9.68. The van der Waals surface area contributed by atoms with Crippen LogP contribution in [0.15, 0.2) is 55.0 Å². The third-order valence-corrected chi connectivity index (χ3v) is 3.22. The van der Waals surface area contributed by atoms with E-state index in [0.29, 0.717) is 12.4 Å². The van der Waals surface area contributed by atoms with E-state index in [2.05, 4.69) is 9.97 Å². The molecule has 2 heterocycles. The molecule has 0 amide bonds. The minimum Gasteiger partial charge on any atom is -1.00 e. The molecule has 2 aromatic heterocycles. The van der Waals surface area contributed by atoms with Gasteiger partial charge in [-0.25, -0.2) is 14.5 Å². The van der Waals surface area contributed by atoms with Gasteiger partial charge in [-0.15, -0.1) is 0 Å². The molecular formula is C16H14BrN3O2. The van der Waals surface area contributed by atoms with Gasteiger partial charge >= 0.3 is 5.97 Å². The van der Waals surface area contributed by atoms with Crippen LogP contribution in [0.25, 0.3) is 22.3 Å². The molecule has 0 fully saturated rings. The van der Waals surface area contributed by atoms with Crippen LogP contribution in [0.4, 0.5) is 0 Å². The predicted molar refractivity (Wildman–Crippen MR) is 77.4 cm³/mol. The fraction of sp³-hybridized carbons (Fsp3) is 0.125. The Morgan fingerprint density at radius 1 is 1.14 bits per heavy atom. The quantitative estimate of drug-likeness (QED) is 0.611. The monoisotopic (exact) mass is 359 g/mol. The Bertz CT molecular complexity index is 791. The van der Waals surface area contributed by atoms with Crippen molar-refractivity contribution in [3.63, 3.8) is 0 Å². The smallest absolute Gasteiger partial charge is 0.309 e. The van der Waals surface area contributed by atoms with Crippen molar-refractivity contribution in [2.45, 2.75) is 13.0 Å². The molecule has 0 atom stereocenters. The molecule has 112 valence electrons. The van der Waals surface area contributed by atoms with E-state index in [9.17, 15) is 4.79 Å². The van der Waals surface area contributed by atoms with Crippen LogP contribution in [0, 0.1) is 0 Å². The van der Waals surface area contributed by atoms with Crippen LogP contribution in [0.3, 0.4) is 0 Å². The van der Waals surface area contributed by atoms with E-state index in [-0.39, 0.29) is 23.4 Å². The second-order valence-corrected chi connectivity index (χ2v) is 4.72. The summed E-state index contributed by atoms with van der Waals surface area (Å²) in [6.45, 7) is 0.453. The van der Waals surface area contributed by atoms with Gasteiger partial charge in [0.1, 0.15) is 6.42 Å². The van der Waals surface area contributed by atoms with Gasteiger partial charge in [-0.05, 0) is 6.07 Å². The maximum Gasteiger partial charge on any atom is 0.309 e. The zero-order valence-electron chi connectivity index (χ0n) is 11.7. The number of aryl methyl sites for hydroxylation is 1. The lowest BCUT2D eigenvalue weighted by Crippen LogP contribution is -3.00. The first kappa shape index (κ1) is 16.0. The Morgan fingerprint density at radius 2 is 1.86 bits per heavy atom. The zero-order chi connectivity index (χ0) is 14.7. The van der Waals surface area contributed by atoms with Gasteiger partial charge in [0.25, 0.3) is 0 Å². The normalized spacial score (nSPS) is 10.2. The fourth-order valence-electron chi connectivity index (χ4n) is 2.09. The van der Waals surface area contributed by atoms with Crippen molar-refractivity contribution in [1.82, 2.24) is 9.97 Å². The van der Waals surface area contributed by atoms with Crippen molar-refractivity contribution in [3.05, 3.63) is 55.0 Å². The van der Waals surface area contributed by atoms with Crippen LogP contribution in [0.2, 0.25) is 0 Å². The molecule has 6 heteroatoms. The third-order valence-electron chi connectivity index (χ3n) is 3.22. The SMILES string of the molecule is O=C(O)CC[n+]1ccc(-c2ncc3ccccc3n2)cc1.[Br-]. The zero-order valence-corrected chi connectivity index (χ0v) is 13.3. The summed E-state index contributed by atoms with van der Waals surface area (Å²) in [5.41, 5.74) is 1.82. The van der Waals surface area contributed by atoms with Crippen LogP contribution in [-0.2, 0) is 11.3 Å². The highest BCUT2D eigenvalue weighted by atomic mass is 79.9. The average Bonchev–Trinajstić information content (AvgIpc) is 2.53. The molecule has 0 aliphatic heterocycles. The molecule has 22 heavy (non-hydrogen) atoms. The van der Waals surface area contributed by atoms with E-state index in [1.165, 1.54) is 0 Å². The van der Waals surface area contributed by atoms with E-state index in [1.807, 2.05) is 59.6 Å². The van der Waals surface area contributed by atoms with Crippen LogP contribution in [-0.4, -0.2) is 21.0 Å². The molecule has 5 nitrogen and oxygen atoms in total. The van der Waals surface area contributed by atoms with Gasteiger partial charge in [0.2, 0.25) is 0 Å². The molecule has 3 aromatic rings. The maximum absolute atomic E-state index is 10.6. The van der Waals surface area contributed by atoms with Gasteiger partial charge in [-0.2, -0.15) is 0 Å². The minimum atomic E-state index is -0.801. The molecule has 0 radical (unpaired) electrons. The van der Waals surface area contributed by atoms with Crippen molar-refractivity contribution < 1.29 is 31.4 Å². The molecule has 0 spiro atoms. The van der Waals surface area contributed by atoms with Crippen LogP contribution in [0.5, 0.6) is 0 Å².